The summed E-state index contributed by atoms with van der Waals surface area (Å²) in [4.78, 5) is 0. The van der Waals surface area contributed by atoms with E-state index in [4.69, 9.17) is 4.42 Å². The molecule has 3 heteroatoms. The Morgan fingerprint density at radius 2 is 0.778 bits per heavy atom. The van der Waals surface area contributed by atoms with Gasteiger partial charge in [0.15, 0.2) is 5.58 Å². The summed E-state index contributed by atoms with van der Waals surface area (Å²) in [6, 6.07) is 83.2. The number of para-hydroxylation sites is 3. The van der Waals surface area contributed by atoms with Crippen molar-refractivity contribution < 1.29 is 4.42 Å². The number of fused-ring (bicyclic) bond motifs is 9. The maximum absolute atomic E-state index is 6.99. The van der Waals surface area contributed by atoms with Gasteiger partial charge in [-0.25, -0.2) is 0 Å². The molecular weight excluding hydrogens is 765 g/mol. The lowest BCUT2D eigenvalue weighted by atomic mass is 9.91. The second-order valence-electron chi connectivity index (χ2n) is 16.4. The molecule has 63 heavy (non-hydrogen) atoms. The molecule has 0 atom stereocenters. The molecule has 0 bridgehead atoms. The van der Waals surface area contributed by atoms with E-state index in [1.807, 2.05) is 0 Å². The minimum Gasteiger partial charge on any atom is -0.454 e. The summed E-state index contributed by atoms with van der Waals surface area (Å²) in [5, 5.41) is 7.09. The number of benzene rings is 10. The highest BCUT2D eigenvalue weighted by molar-refractivity contribution is 6.23. The normalized spacial score (nSPS) is 11.8. The highest BCUT2D eigenvalue weighted by Crippen LogP contribution is 2.47. The van der Waals surface area contributed by atoms with Crippen LogP contribution in [0.2, 0.25) is 0 Å². The smallest absolute Gasteiger partial charge is 0.160 e. The topological polar surface area (TPSA) is 23.0 Å². The van der Waals surface area contributed by atoms with Gasteiger partial charge in [0.1, 0.15) is 5.58 Å². The monoisotopic (exact) mass is 802 g/mol. The Labute approximate surface area is 363 Å². The molecule has 0 aliphatic rings. The van der Waals surface area contributed by atoms with E-state index in [1.165, 1.54) is 71.5 Å². The highest BCUT2D eigenvalue weighted by Gasteiger charge is 2.24. The maximum atomic E-state index is 6.99. The standard InChI is InChI=1S/C60H38N2O/c1-3-18-39(19-4-1)41-22-15-23-42(38-41)61-51-31-12-9-26-48(51)57-45(29-16-33-53(57)61)46-30-17-34-54-58(46)49-27-10-13-32-52(49)62(54)55-37-36-47(59-50-28-11-14-35-56(50)63-60(55)59)44-25-8-7-24-43(44)40-20-5-2-6-21-40/h1-38H. The quantitative estimate of drug-likeness (QED) is 0.164. The van der Waals surface area contributed by atoms with E-state index in [2.05, 4.69) is 240 Å². The number of hydrogen-bond donors (Lipinski definition) is 0. The third-order valence-corrected chi connectivity index (χ3v) is 12.9. The van der Waals surface area contributed by atoms with E-state index < -0.39 is 0 Å². The third kappa shape index (κ3) is 5.40. The highest BCUT2D eigenvalue weighted by atomic mass is 16.3. The van der Waals surface area contributed by atoms with Crippen molar-refractivity contribution in [1.82, 2.24) is 9.13 Å². The summed E-state index contributed by atoms with van der Waals surface area (Å²) in [5.74, 6) is 0. The molecule has 0 unspecified atom stereocenters. The molecule has 13 rings (SSSR count). The zero-order valence-electron chi connectivity index (χ0n) is 34.2. The third-order valence-electron chi connectivity index (χ3n) is 12.9. The van der Waals surface area contributed by atoms with Crippen molar-refractivity contribution in [1.29, 1.82) is 0 Å². The molecule has 0 amide bonds. The largest absolute Gasteiger partial charge is 0.454 e. The van der Waals surface area contributed by atoms with Gasteiger partial charge in [-0.15, -0.1) is 0 Å². The summed E-state index contributed by atoms with van der Waals surface area (Å²) >= 11 is 0. The van der Waals surface area contributed by atoms with Crippen LogP contribution < -0.4 is 0 Å². The maximum Gasteiger partial charge on any atom is 0.160 e. The van der Waals surface area contributed by atoms with Crippen LogP contribution in [0, 0.1) is 0 Å². The molecule has 0 aliphatic heterocycles. The molecule has 3 nitrogen and oxygen atoms in total. The molecule has 0 N–H and O–H groups in total. The van der Waals surface area contributed by atoms with Crippen LogP contribution >= 0.6 is 0 Å². The Morgan fingerprint density at radius 3 is 1.49 bits per heavy atom. The van der Waals surface area contributed by atoms with Crippen molar-refractivity contribution >= 4 is 65.6 Å². The fourth-order valence-corrected chi connectivity index (χ4v) is 10.3. The molecule has 0 fully saturated rings. The first-order valence-electron chi connectivity index (χ1n) is 21.6. The molecule has 294 valence electrons. The van der Waals surface area contributed by atoms with Gasteiger partial charge < -0.3 is 13.6 Å². The van der Waals surface area contributed by atoms with E-state index >= 15 is 0 Å². The van der Waals surface area contributed by atoms with Crippen LogP contribution in [-0.4, -0.2) is 9.13 Å². The molecule has 3 heterocycles. The SMILES string of the molecule is c1ccc(-c2cccc(-n3c4ccccc4c4c(-c5cccc6c5c5ccccc5n6-c5ccc(-c6ccccc6-c6ccccc6)c6c5oc5ccccc56)cccc43)c2)cc1. The van der Waals surface area contributed by atoms with Crippen molar-refractivity contribution in [2.45, 2.75) is 0 Å². The Balaban J connectivity index is 1.07. The number of nitrogens with zero attached hydrogens (tertiary/aromatic N) is 2. The summed E-state index contributed by atoms with van der Waals surface area (Å²) in [5.41, 5.74) is 18.0. The lowest BCUT2D eigenvalue weighted by Crippen LogP contribution is -1.96. The van der Waals surface area contributed by atoms with Gasteiger partial charge in [-0.2, -0.15) is 0 Å². The number of rotatable bonds is 6. The average Bonchev–Trinajstić information content (AvgIpc) is 4.03. The van der Waals surface area contributed by atoms with Crippen molar-refractivity contribution in [3.8, 4) is 55.9 Å². The fourth-order valence-electron chi connectivity index (χ4n) is 10.3. The average molecular weight is 803 g/mol. The van der Waals surface area contributed by atoms with Crippen LogP contribution in [-0.2, 0) is 0 Å². The molecule has 0 saturated heterocycles. The van der Waals surface area contributed by atoms with Crippen LogP contribution in [0.3, 0.4) is 0 Å². The van der Waals surface area contributed by atoms with Gasteiger partial charge in [0, 0.05) is 38.0 Å². The summed E-state index contributed by atoms with van der Waals surface area (Å²) in [6.45, 7) is 0. The van der Waals surface area contributed by atoms with E-state index in [0.717, 1.165) is 49.9 Å². The Kier molecular flexibility index (Phi) is 7.91. The minimum atomic E-state index is 0.868. The van der Waals surface area contributed by atoms with Gasteiger partial charge in [-0.3, -0.25) is 0 Å². The van der Waals surface area contributed by atoms with Gasteiger partial charge in [-0.05, 0) is 93.0 Å². The van der Waals surface area contributed by atoms with Gasteiger partial charge in [0.05, 0.1) is 27.8 Å². The molecule has 0 aliphatic carbocycles. The van der Waals surface area contributed by atoms with Crippen LogP contribution in [0.1, 0.15) is 0 Å². The summed E-state index contributed by atoms with van der Waals surface area (Å²) in [7, 11) is 0. The van der Waals surface area contributed by atoms with Crippen molar-refractivity contribution in [3.63, 3.8) is 0 Å². The van der Waals surface area contributed by atoms with Gasteiger partial charge in [-0.1, -0.05) is 182 Å². The van der Waals surface area contributed by atoms with Crippen molar-refractivity contribution in [2.24, 2.45) is 0 Å². The lowest BCUT2D eigenvalue weighted by molar-refractivity contribution is 0.666. The number of furan rings is 1. The molecule has 0 radical (unpaired) electrons. The van der Waals surface area contributed by atoms with E-state index in [9.17, 15) is 0 Å². The van der Waals surface area contributed by atoms with Gasteiger partial charge >= 0.3 is 0 Å². The molecule has 0 saturated carbocycles. The molecule has 0 spiro atoms. The van der Waals surface area contributed by atoms with E-state index in [1.54, 1.807) is 0 Å². The van der Waals surface area contributed by atoms with Crippen LogP contribution in [0.4, 0.5) is 0 Å². The molecular formula is C60H38N2O. The van der Waals surface area contributed by atoms with Crippen molar-refractivity contribution in [3.05, 3.63) is 231 Å². The van der Waals surface area contributed by atoms with Gasteiger partial charge in [0.2, 0.25) is 0 Å². The second-order valence-corrected chi connectivity index (χ2v) is 16.4. The van der Waals surface area contributed by atoms with E-state index in [-0.39, 0.29) is 0 Å². The predicted molar refractivity (Wildman–Crippen MR) is 264 cm³/mol. The van der Waals surface area contributed by atoms with E-state index in [0.29, 0.717) is 0 Å². The molecule has 13 aromatic rings. The zero-order valence-corrected chi connectivity index (χ0v) is 34.2. The second kappa shape index (κ2) is 14.1. The van der Waals surface area contributed by atoms with Crippen LogP contribution in [0.5, 0.6) is 0 Å². The lowest BCUT2D eigenvalue weighted by Gasteiger charge is -2.14. The Hall–Kier alpha value is -8.40. The van der Waals surface area contributed by atoms with Crippen LogP contribution in [0.15, 0.2) is 235 Å². The zero-order chi connectivity index (χ0) is 41.4. The molecule has 3 aromatic heterocycles. The first-order valence-corrected chi connectivity index (χ1v) is 21.6. The molecule has 10 aromatic carbocycles. The number of hydrogen-bond acceptors (Lipinski definition) is 1. The van der Waals surface area contributed by atoms with Crippen LogP contribution in [0.25, 0.3) is 121 Å². The predicted octanol–water partition coefficient (Wildman–Crippen LogP) is 16.4. The summed E-state index contributed by atoms with van der Waals surface area (Å²) < 4.78 is 11.8. The fraction of sp³-hybridized carbons (Fsp3) is 0. The van der Waals surface area contributed by atoms with Gasteiger partial charge in [0.25, 0.3) is 0 Å². The Morgan fingerprint density at radius 1 is 0.286 bits per heavy atom. The summed E-state index contributed by atoms with van der Waals surface area (Å²) in [6.07, 6.45) is 0. The van der Waals surface area contributed by atoms with Crippen molar-refractivity contribution in [2.75, 3.05) is 0 Å². The Bertz CT molecular complexity index is 3900. The first kappa shape index (κ1) is 35.4. The minimum absolute atomic E-state index is 0.868. The number of aromatic nitrogens is 2. The first-order chi connectivity index (χ1) is 31.3.